The fourth-order valence-electron chi connectivity index (χ4n) is 2.53. The first-order valence-electron chi connectivity index (χ1n) is 6.42. The minimum atomic E-state index is -0.927. The van der Waals surface area contributed by atoms with Crippen LogP contribution < -0.4 is 4.90 Å². The summed E-state index contributed by atoms with van der Waals surface area (Å²) in [5.41, 5.74) is 0.0389. The molecule has 1 unspecified atom stereocenters. The van der Waals surface area contributed by atoms with Crippen LogP contribution in [0, 0.1) is 10.1 Å². The zero-order chi connectivity index (χ0) is 15.9. The summed E-state index contributed by atoms with van der Waals surface area (Å²) in [6.07, 6.45) is 0. The molecular formula is C14H16N2O5. The van der Waals surface area contributed by atoms with Crippen LogP contribution in [0.15, 0.2) is 18.2 Å². The van der Waals surface area contributed by atoms with Crippen LogP contribution in [0.3, 0.4) is 0 Å². The fourth-order valence-corrected chi connectivity index (χ4v) is 2.53. The van der Waals surface area contributed by atoms with Gasteiger partial charge in [0.15, 0.2) is 0 Å². The van der Waals surface area contributed by atoms with E-state index in [9.17, 15) is 19.7 Å². The third-order valence-electron chi connectivity index (χ3n) is 3.81. The van der Waals surface area contributed by atoms with Crippen molar-refractivity contribution in [2.24, 2.45) is 0 Å². The van der Waals surface area contributed by atoms with E-state index < -0.39 is 22.3 Å². The summed E-state index contributed by atoms with van der Waals surface area (Å²) in [7, 11) is 1.25. The maximum Gasteiger partial charge on any atom is 0.328 e. The number of nitrogens with zero attached hydrogens (tertiary/aromatic N) is 2. The first-order valence-corrected chi connectivity index (χ1v) is 6.42. The van der Waals surface area contributed by atoms with Gasteiger partial charge in [0, 0.05) is 17.8 Å². The Morgan fingerprint density at radius 2 is 2.05 bits per heavy atom. The van der Waals surface area contributed by atoms with Crippen LogP contribution in [0.5, 0.6) is 0 Å². The highest BCUT2D eigenvalue weighted by atomic mass is 16.6. The van der Waals surface area contributed by atoms with Crippen LogP contribution >= 0.6 is 0 Å². The third kappa shape index (κ3) is 2.14. The van der Waals surface area contributed by atoms with Gasteiger partial charge in [0.1, 0.15) is 6.04 Å². The number of amides is 1. The number of anilines is 1. The molecule has 0 saturated heterocycles. The number of non-ortho nitro benzene ring substituents is 1. The van der Waals surface area contributed by atoms with E-state index in [1.54, 1.807) is 20.8 Å². The number of rotatable bonds is 3. The largest absolute Gasteiger partial charge is 0.467 e. The van der Waals surface area contributed by atoms with Crippen molar-refractivity contribution < 1.29 is 19.2 Å². The van der Waals surface area contributed by atoms with Gasteiger partial charge in [-0.1, -0.05) is 0 Å². The Bertz CT molecular complexity index is 638. The van der Waals surface area contributed by atoms with Gasteiger partial charge < -0.3 is 4.74 Å². The predicted molar refractivity (Wildman–Crippen MR) is 75.1 cm³/mol. The lowest BCUT2D eigenvalue weighted by Gasteiger charge is -2.25. The van der Waals surface area contributed by atoms with Gasteiger partial charge in [-0.15, -0.1) is 0 Å². The Balaban J connectivity index is 2.58. The standard InChI is InChI=1S/C14H16N2O5/c1-8(12(17)21-4)15-11-6-5-9(16(19)20)7-10(11)14(2,3)13(15)18/h5-8H,1-4H3. The molecule has 1 heterocycles. The quantitative estimate of drug-likeness (QED) is 0.481. The summed E-state index contributed by atoms with van der Waals surface area (Å²) < 4.78 is 4.68. The first-order chi connectivity index (χ1) is 9.71. The van der Waals surface area contributed by atoms with Gasteiger partial charge in [0.05, 0.1) is 17.4 Å². The van der Waals surface area contributed by atoms with Crippen molar-refractivity contribution in [2.75, 3.05) is 12.0 Å². The highest BCUT2D eigenvalue weighted by molar-refractivity contribution is 6.10. The number of esters is 1. The van der Waals surface area contributed by atoms with E-state index in [4.69, 9.17) is 0 Å². The second-order valence-electron chi connectivity index (χ2n) is 5.46. The van der Waals surface area contributed by atoms with Gasteiger partial charge in [0.2, 0.25) is 5.91 Å². The molecule has 0 fully saturated rings. The van der Waals surface area contributed by atoms with Crippen LogP contribution in [-0.2, 0) is 19.7 Å². The zero-order valence-electron chi connectivity index (χ0n) is 12.2. The normalized spacial score (nSPS) is 17.3. The number of fused-ring (bicyclic) bond motifs is 1. The molecule has 7 nitrogen and oxygen atoms in total. The minimum absolute atomic E-state index is 0.0813. The van der Waals surface area contributed by atoms with Gasteiger partial charge in [-0.25, -0.2) is 4.79 Å². The third-order valence-corrected chi connectivity index (χ3v) is 3.81. The summed E-state index contributed by atoms with van der Waals surface area (Å²) in [6.45, 7) is 4.93. The predicted octanol–water partition coefficient (Wildman–Crippen LogP) is 1.78. The lowest BCUT2D eigenvalue weighted by atomic mass is 9.86. The Hall–Kier alpha value is -2.44. The monoisotopic (exact) mass is 292 g/mol. The Morgan fingerprint density at radius 1 is 1.43 bits per heavy atom. The number of ether oxygens (including phenoxy) is 1. The average Bonchev–Trinajstić information content (AvgIpc) is 2.64. The Kier molecular flexibility index (Phi) is 3.44. The SMILES string of the molecule is COC(=O)C(C)N1C(=O)C(C)(C)c2cc([N+](=O)[O-])ccc21. The van der Waals surface area contributed by atoms with Gasteiger partial charge >= 0.3 is 5.97 Å². The van der Waals surface area contributed by atoms with Crippen molar-refractivity contribution in [2.45, 2.75) is 32.2 Å². The molecule has 1 aromatic carbocycles. The smallest absolute Gasteiger partial charge is 0.328 e. The number of carbonyl (C=O) groups excluding carboxylic acids is 2. The Morgan fingerprint density at radius 3 is 2.57 bits per heavy atom. The van der Waals surface area contributed by atoms with Crippen molar-refractivity contribution in [3.05, 3.63) is 33.9 Å². The van der Waals surface area contributed by atoms with Crippen molar-refractivity contribution in [3.63, 3.8) is 0 Å². The van der Waals surface area contributed by atoms with Gasteiger partial charge in [0.25, 0.3) is 5.69 Å². The summed E-state index contributed by atoms with van der Waals surface area (Å²) >= 11 is 0. The van der Waals surface area contributed by atoms with Gasteiger partial charge in [-0.05, 0) is 32.4 Å². The van der Waals surface area contributed by atoms with E-state index in [0.717, 1.165) is 0 Å². The average molecular weight is 292 g/mol. The van der Waals surface area contributed by atoms with E-state index >= 15 is 0 Å². The number of hydrogen-bond acceptors (Lipinski definition) is 5. The molecule has 112 valence electrons. The van der Waals surface area contributed by atoms with Crippen molar-refractivity contribution >= 4 is 23.3 Å². The van der Waals surface area contributed by atoms with Crippen LogP contribution in [0.25, 0.3) is 0 Å². The molecule has 1 aliphatic heterocycles. The number of methoxy groups -OCH3 is 1. The van der Waals surface area contributed by atoms with E-state index in [1.165, 1.54) is 30.2 Å². The van der Waals surface area contributed by atoms with Crippen LogP contribution in [0.2, 0.25) is 0 Å². The molecule has 1 aliphatic rings. The van der Waals surface area contributed by atoms with E-state index in [2.05, 4.69) is 4.74 Å². The lowest BCUT2D eigenvalue weighted by Crippen LogP contribution is -2.45. The molecule has 1 atom stereocenters. The number of hydrogen-bond donors (Lipinski definition) is 0. The molecule has 0 N–H and O–H groups in total. The minimum Gasteiger partial charge on any atom is -0.467 e. The second kappa shape index (κ2) is 4.83. The highest BCUT2D eigenvalue weighted by Gasteiger charge is 2.47. The van der Waals surface area contributed by atoms with Gasteiger partial charge in [-0.2, -0.15) is 0 Å². The lowest BCUT2D eigenvalue weighted by molar-refractivity contribution is -0.384. The molecule has 0 radical (unpaired) electrons. The maximum absolute atomic E-state index is 12.6. The van der Waals surface area contributed by atoms with Crippen molar-refractivity contribution in [1.82, 2.24) is 0 Å². The molecule has 21 heavy (non-hydrogen) atoms. The second-order valence-corrected chi connectivity index (χ2v) is 5.46. The van der Waals surface area contributed by atoms with E-state index in [1.807, 2.05) is 0 Å². The maximum atomic E-state index is 12.6. The molecule has 2 rings (SSSR count). The molecular weight excluding hydrogens is 276 g/mol. The van der Waals surface area contributed by atoms with E-state index in [0.29, 0.717) is 11.3 Å². The van der Waals surface area contributed by atoms with Crippen molar-refractivity contribution in [1.29, 1.82) is 0 Å². The first kappa shape index (κ1) is 15.0. The molecule has 0 saturated carbocycles. The summed E-state index contributed by atoms with van der Waals surface area (Å²) in [4.78, 5) is 36.0. The summed E-state index contributed by atoms with van der Waals surface area (Å²) in [5, 5.41) is 10.9. The number of nitro groups is 1. The number of carbonyl (C=O) groups is 2. The topological polar surface area (TPSA) is 89.8 Å². The zero-order valence-corrected chi connectivity index (χ0v) is 12.2. The molecule has 1 amide bonds. The molecule has 7 heteroatoms. The number of nitro benzene ring substituents is 1. The van der Waals surface area contributed by atoms with Crippen LogP contribution in [-0.4, -0.2) is 30.0 Å². The summed E-state index contributed by atoms with van der Waals surface area (Å²) in [6, 6.07) is 3.42. The van der Waals surface area contributed by atoms with Crippen molar-refractivity contribution in [3.8, 4) is 0 Å². The van der Waals surface area contributed by atoms with Crippen LogP contribution in [0.1, 0.15) is 26.3 Å². The molecule has 1 aromatic rings. The highest BCUT2D eigenvalue weighted by Crippen LogP contribution is 2.44. The molecule has 0 bridgehead atoms. The van der Waals surface area contributed by atoms with Crippen LogP contribution in [0.4, 0.5) is 11.4 Å². The fraction of sp³-hybridized carbons (Fsp3) is 0.429. The molecule has 0 spiro atoms. The molecule has 0 aliphatic carbocycles. The van der Waals surface area contributed by atoms with Gasteiger partial charge in [-0.3, -0.25) is 19.8 Å². The molecule has 0 aromatic heterocycles. The van der Waals surface area contributed by atoms with E-state index in [-0.39, 0.29) is 11.6 Å². The summed E-state index contributed by atoms with van der Waals surface area (Å²) in [5.74, 6) is -0.818. The number of benzene rings is 1. The Labute approximate surface area is 121 Å².